The van der Waals surface area contributed by atoms with Crippen molar-refractivity contribution >= 4 is 24.1 Å². The summed E-state index contributed by atoms with van der Waals surface area (Å²) >= 11 is 1.47. The topological polar surface area (TPSA) is 75.6 Å². The van der Waals surface area contributed by atoms with Crippen molar-refractivity contribution in [2.24, 2.45) is 0 Å². The number of nitrogens with one attached hydrogen (secondary N) is 1. The second kappa shape index (κ2) is 7.31. The van der Waals surface area contributed by atoms with Gasteiger partial charge >= 0.3 is 5.97 Å². The maximum atomic E-state index is 10.9. The number of carboxylic acids is 1. The third-order valence-electron chi connectivity index (χ3n) is 3.21. The number of fused-ring (bicyclic) bond motifs is 1. The highest BCUT2D eigenvalue weighted by Gasteiger charge is 2.22. The smallest absolute Gasteiger partial charge is 0.327 e. The first-order valence-electron chi connectivity index (χ1n) is 6.42. The lowest BCUT2D eigenvalue weighted by atomic mass is 9.99. The van der Waals surface area contributed by atoms with Gasteiger partial charge in [-0.25, -0.2) is 4.79 Å². The first-order valence-corrected chi connectivity index (χ1v) is 7.57. The number of hydrogen-bond acceptors (Lipinski definition) is 4. The van der Waals surface area contributed by atoms with Crippen molar-refractivity contribution in [2.45, 2.75) is 18.6 Å². The van der Waals surface area contributed by atoms with Crippen LogP contribution < -0.4 is 5.32 Å². The average molecular weight is 295 g/mol. The van der Waals surface area contributed by atoms with E-state index in [1.165, 1.54) is 22.9 Å². The summed E-state index contributed by atoms with van der Waals surface area (Å²) in [6, 6.07) is 7.31. The molecule has 0 fully saturated rings. The minimum Gasteiger partial charge on any atom is -0.480 e. The molecule has 6 heteroatoms. The molecule has 0 aromatic heterocycles. The summed E-state index contributed by atoms with van der Waals surface area (Å²) in [5.74, 6) is -0.00758. The highest BCUT2D eigenvalue weighted by molar-refractivity contribution is 7.99. The maximum absolute atomic E-state index is 10.9. The monoisotopic (exact) mass is 295 g/mol. The zero-order valence-electron chi connectivity index (χ0n) is 11.0. The van der Waals surface area contributed by atoms with Gasteiger partial charge in [-0.3, -0.25) is 4.79 Å². The second-order valence-electron chi connectivity index (χ2n) is 4.52. The molecule has 2 N–H and O–H groups in total. The van der Waals surface area contributed by atoms with Crippen LogP contribution in [0.4, 0.5) is 0 Å². The molecule has 0 radical (unpaired) electrons. The molecule has 108 valence electrons. The number of carbonyl (C=O) groups is 2. The van der Waals surface area contributed by atoms with Crippen LogP contribution in [0.1, 0.15) is 17.2 Å². The van der Waals surface area contributed by atoms with Gasteiger partial charge in [0.15, 0.2) is 0 Å². The molecule has 5 nitrogen and oxygen atoms in total. The lowest BCUT2D eigenvalue weighted by Crippen LogP contribution is -2.38. The molecule has 0 saturated carbocycles. The van der Waals surface area contributed by atoms with E-state index in [0.717, 1.165) is 6.42 Å². The number of amides is 1. The van der Waals surface area contributed by atoms with Gasteiger partial charge in [0.1, 0.15) is 6.04 Å². The first kappa shape index (κ1) is 14.9. The van der Waals surface area contributed by atoms with Crippen LogP contribution in [0, 0.1) is 0 Å². The largest absolute Gasteiger partial charge is 0.480 e. The Morgan fingerprint density at radius 1 is 1.55 bits per heavy atom. The normalized spacial score (nSPS) is 18.9. The number of carboxylic acid groups (broad SMARTS) is 1. The Morgan fingerprint density at radius 3 is 3.10 bits per heavy atom. The summed E-state index contributed by atoms with van der Waals surface area (Å²) in [5.41, 5.74) is 2.48. The van der Waals surface area contributed by atoms with E-state index in [2.05, 4.69) is 17.4 Å². The first-order chi connectivity index (χ1) is 9.72. The standard InChI is InChI=1S/C14H17NO4S/c16-9-15-12(14(17)18)7-20-8-13-11-4-2-1-3-10(11)5-6-19-13/h1-4,9,12-13H,5-8H2,(H,15,16)(H,17,18). The van der Waals surface area contributed by atoms with E-state index < -0.39 is 12.0 Å². The number of ether oxygens (including phenoxy) is 1. The number of thioether (sulfide) groups is 1. The zero-order chi connectivity index (χ0) is 14.4. The fourth-order valence-electron chi connectivity index (χ4n) is 2.18. The minimum atomic E-state index is -1.02. The fraction of sp³-hybridized carbons (Fsp3) is 0.429. The molecular formula is C14H17NO4S. The summed E-state index contributed by atoms with van der Waals surface area (Å²) in [6.07, 6.45) is 1.34. The van der Waals surface area contributed by atoms with Gasteiger partial charge in [0, 0.05) is 11.5 Å². The van der Waals surface area contributed by atoms with Crippen LogP contribution in [0.15, 0.2) is 24.3 Å². The van der Waals surface area contributed by atoms with Crippen molar-refractivity contribution in [2.75, 3.05) is 18.1 Å². The molecule has 1 heterocycles. The highest BCUT2D eigenvalue weighted by Crippen LogP contribution is 2.29. The summed E-state index contributed by atoms with van der Waals surface area (Å²) < 4.78 is 5.75. The minimum absolute atomic E-state index is 0.00405. The van der Waals surface area contributed by atoms with Crippen LogP contribution in [0.5, 0.6) is 0 Å². The molecule has 1 amide bonds. The van der Waals surface area contributed by atoms with Crippen molar-refractivity contribution in [1.29, 1.82) is 0 Å². The van der Waals surface area contributed by atoms with E-state index in [1.54, 1.807) is 0 Å². The predicted molar refractivity (Wildman–Crippen MR) is 76.8 cm³/mol. The Bertz CT molecular complexity index is 480. The lowest BCUT2D eigenvalue weighted by Gasteiger charge is -2.26. The zero-order valence-corrected chi connectivity index (χ0v) is 11.8. The molecule has 0 bridgehead atoms. The Hall–Kier alpha value is -1.53. The van der Waals surface area contributed by atoms with Gasteiger partial charge in [0.25, 0.3) is 0 Å². The third kappa shape index (κ3) is 3.74. The van der Waals surface area contributed by atoms with Crippen LogP contribution in [-0.4, -0.2) is 41.6 Å². The predicted octanol–water partition coefficient (Wildman–Crippen LogP) is 1.23. The van der Waals surface area contributed by atoms with Crippen molar-refractivity contribution in [1.82, 2.24) is 5.32 Å². The summed E-state index contributed by atoms with van der Waals surface area (Å²) in [5, 5.41) is 11.2. The summed E-state index contributed by atoms with van der Waals surface area (Å²) in [6.45, 7) is 0.692. The SMILES string of the molecule is O=CNC(CSCC1OCCc2ccccc21)C(=O)O. The molecule has 2 atom stereocenters. The second-order valence-corrected chi connectivity index (χ2v) is 5.60. The Morgan fingerprint density at radius 2 is 2.35 bits per heavy atom. The molecule has 2 rings (SSSR count). The molecule has 20 heavy (non-hydrogen) atoms. The molecule has 1 aromatic rings. The molecule has 0 saturated heterocycles. The van der Waals surface area contributed by atoms with Gasteiger partial charge in [-0.05, 0) is 17.5 Å². The van der Waals surface area contributed by atoms with E-state index >= 15 is 0 Å². The molecule has 1 aliphatic rings. The number of rotatable bonds is 7. The quantitative estimate of drug-likeness (QED) is 0.740. The molecular weight excluding hydrogens is 278 g/mol. The summed E-state index contributed by atoms with van der Waals surface area (Å²) in [7, 11) is 0. The average Bonchev–Trinajstić information content (AvgIpc) is 2.46. The van der Waals surface area contributed by atoms with E-state index in [1.807, 2.05) is 12.1 Å². The van der Waals surface area contributed by atoms with Gasteiger partial charge in [-0.1, -0.05) is 24.3 Å². The van der Waals surface area contributed by atoms with E-state index in [4.69, 9.17) is 9.84 Å². The van der Waals surface area contributed by atoms with Crippen LogP contribution in [0.25, 0.3) is 0 Å². The van der Waals surface area contributed by atoms with Gasteiger partial charge in [-0.15, -0.1) is 0 Å². The van der Waals surface area contributed by atoms with Crippen LogP contribution in [0.3, 0.4) is 0 Å². The molecule has 1 aromatic carbocycles. The number of aliphatic carboxylic acids is 1. The summed E-state index contributed by atoms with van der Waals surface area (Å²) in [4.78, 5) is 21.2. The van der Waals surface area contributed by atoms with Crippen molar-refractivity contribution < 1.29 is 19.4 Å². The van der Waals surface area contributed by atoms with Crippen molar-refractivity contribution in [3.63, 3.8) is 0 Å². The molecule has 0 aliphatic carbocycles. The maximum Gasteiger partial charge on any atom is 0.327 e. The lowest BCUT2D eigenvalue weighted by molar-refractivity contribution is -0.139. The number of hydrogen-bond donors (Lipinski definition) is 2. The van der Waals surface area contributed by atoms with E-state index in [-0.39, 0.29) is 6.10 Å². The Labute approximate surface area is 121 Å². The number of benzene rings is 1. The molecule has 0 spiro atoms. The van der Waals surface area contributed by atoms with Gasteiger partial charge in [0.05, 0.1) is 12.7 Å². The van der Waals surface area contributed by atoms with Gasteiger partial charge in [0.2, 0.25) is 6.41 Å². The van der Waals surface area contributed by atoms with Gasteiger partial charge < -0.3 is 15.2 Å². The van der Waals surface area contributed by atoms with E-state index in [9.17, 15) is 9.59 Å². The fourth-order valence-corrected chi connectivity index (χ4v) is 3.28. The van der Waals surface area contributed by atoms with Gasteiger partial charge in [-0.2, -0.15) is 11.8 Å². The Balaban J connectivity index is 1.89. The van der Waals surface area contributed by atoms with Crippen molar-refractivity contribution in [3.8, 4) is 0 Å². The van der Waals surface area contributed by atoms with Crippen LogP contribution >= 0.6 is 11.8 Å². The van der Waals surface area contributed by atoms with Crippen molar-refractivity contribution in [3.05, 3.63) is 35.4 Å². The highest BCUT2D eigenvalue weighted by atomic mass is 32.2. The number of carbonyl (C=O) groups excluding carboxylic acids is 1. The van der Waals surface area contributed by atoms with Crippen LogP contribution in [0.2, 0.25) is 0 Å². The third-order valence-corrected chi connectivity index (χ3v) is 4.32. The molecule has 2 unspecified atom stereocenters. The van der Waals surface area contributed by atoms with E-state index in [0.29, 0.717) is 24.5 Å². The Kier molecular flexibility index (Phi) is 5.43. The molecule has 1 aliphatic heterocycles. The van der Waals surface area contributed by atoms with Crippen LogP contribution in [-0.2, 0) is 20.7 Å².